The largest absolute Gasteiger partial charge is 0.493 e. The lowest BCUT2D eigenvalue weighted by atomic mass is 10.1. The number of rotatable bonds is 7. The number of benzene rings is 2. The smallest absolute Gasteiger partial charge is 0.252 e. The molecule has 2 N–H and O–H groups in total. The molecule has 2 aromatic rings. The van der Waals surface area contributed by atoms with Crippen LogP contribution in [-0.4, -0.2) is 46.7 Å². The van der Waals surface area contributed by atoms with Gasteiger partial charge in [-0.15, -0.1) is 0 Å². The maximum absolute atomic E-state index is 12.1. The highest BCUT2D eigenvalue weighted by molar-refractivity contribution is 5.96. The summed E-state index contributed by atoms with van der Waals surface area (Å²) in [4.78, 5) is 23.9. The third kappa shape index (κ3) is 5.79. The zero-order chi connectivity index (χ0) is 21.9. The Hall–Kier alpha value is -3.92. The topological polar surface area (TPSA) is 85.9 Å². The fraction of sp³-hybridized carbons (Fsp3) is 0.217. The molecule has 0 heterocycles. The van der Waals surface area contributed by atoms with Crippen LogP contribution in [0.15, 0.2) is 42.5 Å². The number of hydrogen-bond donors (Lipinski definition) is 2. The molecule has 0 spiro atoms. The van der Waals surface area contributed by atoms with Crippen LogP contribution in [0.3, 0.4) is 0 Å². The van der Waals surface area contributed by atoms with Gasteiger partial charge >= 0.3 is 0 Å². The Morgan fingerprint density at radius 2 is 1.70 bits per heavy atom. The summed E-state index contributed by atoms with van der Waals surface area (Å²) in [6.07, 6.45) is 3.02. The fourth-order valence-electron chi connectivity index (χ4n) is 2.62. The zero-order valence-electron chi connectivity index (χ0n) is 17.4. The molecule has 7 nitrogen and oxygen atoms in total. The molecule has 0 fully saturated rings. The van der Waals surface area contributed by atoms with E-state index in [0.717, 1.165) is 0 Å². The normalized spacial score (nSPS) is 10.0. The van der Waals surface area contributed by atoms with Crippen molar-refractivity contribution < 1.29 is 23.8 Å². The van der Waals surface area contributed by atoms with Crippen molar-refractivity contribution in [1.29, 1.82) is 0 Å². The van der Waals surface area contributed by atoms with Crippen LogP contribution in [-0.2, 0) is 4.79 Å². The molecule has 0 unspecified atom stereocenters. The maximum Gasteiger partial charge on any atom is 0.252 e. The van der Waals surface area contributed by atoms with Crippen LogP contribution in [0.4, 0.5) is 0 Å². The van der Waals surface area contributed by atoms with Gasteiger partial charge < -0.3 is 24.8 Å². The van der Waals surface area contributed by atoms with Gasteiger partial charge in [0.25, 0.3) is 5.91 Å². The van der Waals surface area contributed by atoms with Crippen molar-refractivity contribution in [3.8, 4) is 29.1 Å². The summed E-state index contributed by atoms with van der Waals surface area (Å²) >= 11 is 0. The second-order valence-electron chi connectivity index (χ2n) is 5.94. The zero-order valence-corrected chi connectivity index (χ0v) is 17.4. The van der Waals surface area contributed by atoms with E-state index in [1.165, 1.54) is 27.4 Å². The molecule has 0 aliphatic heterocycles. The summed E-state index contributed by atoms with van der Waals surface area (Å²) in [5.74, 6) is 6.71. The van der Waals surface area contributed by atoms with Gasteiger partial charge in [0.2, 0.25) is 11.7 Å². The molecule has 0 aliphatic carbocycles. The number of carbonyl (C=O) groups is 2. The summed E-state index contributed by atoms with van der Waals surface area (Å²) < 4.78 is 15.9. The van der Waals surface area contributed by atoms with Gasteiger partial charge in [0.1, 0.15) is 0 Å². The summed E-state index contributed by atoms with van der Waals surface area (Å²) in [5.41, 5.74) is 1.80. The summed E-state index contributed by atoms with van der Waals surface area (Å²) in [6, 6.07) is 10.5. The standard InChI is InChI=1S/C23H24N2O5/c1-24-23(27)18-10-6-5-8-17(18)9-7-13-25-21(26)12-11-16-14-19(28-2)22(30-4)20(15-16)29-3/h5-6,8,10-12,14-15H,13H2,1-4H3,(H,24,27)(H,25,26)/b12-11+. The Kier molecular flexibility index (Phi) is 8.33. The number of ether oxygens (including phenoxy) is 3. The van der Waals surface area contributed by atoms with Crippen molar-refractivity contribution in [2.45, 2.75) is 0 Å². The van der Waals surface area contributed by atoms with Gasteiger partial charge in [0.05, 0.1) is 33.4 Å². The lowest BCUT2D eigenvalue weighted by molar-refractivity contribution is -0.116. The van der Waals surface area contributed by atoms with E-state index in [4.69, 9.17) is 14.2 Å². The molecule has 30 heavy (non-hydrogen) atoms. The summed E-state index contributed by atoms with van der Waals surface area (Å²) in [6.45, 7) is 0.139. The van der Waals surface area contributed by atoms with E-state index in [1.54, 1.807) is 49.5 Å². The molecule has 0 atom stereocenters. The highest BCUT2D eigenvalue weighted by Crippen LogP contribution is 2.38. The summed E-state index contributed by atoms with van der Waals surface area (Å²) in [5, 5.41) is 5.25. The Labute approximate surface area is 176 Å². The number of methoxy groups -OCH3 is 3. The monoisotopic (exact) mass is 408 g/mol. The Bertz CT molecular complexity index is 977. The van der Waals surface area contributed by atoms with Gasteiger partial charge in [0.15, 0.2) is 11.5 Å². The highest BCUT2D eigenvalue weighted by atomic mass is 16.5. The van der Waals surface area contributed by atoms with Crippen LogP contribution in [0.2, 0.25) is 0 Å². The van der Waals surface area contributed by atoms with Crippen LogP contribution < -0.4 is 24.8 Å². The molecule has 0 aliphatic rings. The number of hydrogen-bond acceptors (Lipinski definition) is 5. The van der Waals surface area contributed by atoms with Crippen molar-refractivity contribution in [2.75, 3.05) is 34.9 Å². The van der Waals surface area contributed by atoms with Crippen LogP contribution in [0.1, 0.15) is 21.5 Å². The van der Waals surface area contributed by atoms with Gasteiger partial charge in [-0.2, -0.15) is 0 Å². The van der Waals surface area contributed by atoms with Crippen molar-refractivity contribution >= 4 is 17.9 Å². The molecule has 0 saturated heterocycles. The van der Waals surface area contributed by atoms with Crippen LogP contribution in [0.25, 0.3) is 6.08 Å². The second-order valence-corrected chi connectivity index (χ2v) is 5.94. The van der Waals surface area contributed by atoms with Crippen molar-refractivity contribution in [3.63, 3.8) is 0 Å². The lowest BCUT2D eigenvalue weighted by Crippen LogP contribution is -2.21. The van der Waals surface area contributed by atoms with Crippen molar-refractivity contribution in [2.24, 2.45) is 0 Å². The van der Waals surface area contributed by atoms with E-state index in [9.17, 15) is 9.59 Å². The van der Waals surface area contributed by atoms with Crippen LogP contribution >= 0.6 is 0 Å². The van der Waals surface area contributed by atoms with E-state index >= 15 is 0 Å². The molecule has 2 rings (SSSR count). The van der Waals surface area contributed by atoms with E-state index in [0.29, 0.717) is 33.9 Å². The van der Waals surface area contributed by atoms with Crippen molar-refractivity contribution in [3.05, 3.63) is 59.2 Å². The molecule has 2 amide bonds. The van der Waals surface area contributed by atoms with Gasteiger partial charge in [-0.25, -0.2) is 0 Å². The Balaban J connectivity index is 2.02. The molecule has 0 saturated carbocycles. The van der Waals surface area contributed by atoms with Gasteiger partial charge in [-0.05, 0) is 35.9 Å². The minimum Gasteiger partial charge on any atom is -0.493 e. The minimum atomic E-state index is -0.308. The SMILES string of the molecule is CNC(=O)c1ccccc1C#CCNC(=O)/C=C/c1cc(OC)c(OC)c(OC)c1. The molecule has 0 bridgehead atoms. The van der Waals surface area contributed by atoms with Gasteiger partial charge in [0, 0.05) is 18.7 Å². The van der Waals surface area contributed by atoms with E-state index in [-0.39, 0.29) is 18.4 Å². The minimum absolute atomic E-state index is 0.139. The first kappa shape index (κ1) is 22.4. The van der Waals surface area contributed by atoms with E-state index in [1.807, 2.05) is 0 Å². The maximum atomic E-state index is 12.1. The quantitative estimate of drug-likeness (QED) is 0.542. The first-order chi connectivity index (χ1) is 14.5. The molecule has 0 aromatic heterocycles. The lowest BCUT2D eigenvalue weighted by Gasteiger charge is -2.12. The fourth-order valence-corrected chi connectivity index (χ4v) is 2.62. The highest BCUT2D eigenvalue weighted by Gasteiger charge is 2.12. The second kappa shape index (κ2) is 11.2. The Morgan fingerprint density at radius 1 is 1.03 bits per heavy atom. The Morgan fingerprint density at radius 3 is 2.30 bits per heavy atom. The van der Waals surface area contributed by atoms with Gasteiger partial charge in [-0.1, -0.05) is 24.0 Å². The third-order valence-corrected chi connectivity index (χ3v) is 4.09. The van der Waals surface area contributed by atoms with E-state index in [2.05, 4.69) is 22.5 Å². The van der Waals surface area contributed by atoms with Crippen LogP contribution in [0.5, 0.6) is 17.2 Å². The van der Waals surface area contributed by atoms with Crippen molar-refractivity contribution in [1.82, 2.24) is 10.6 Å². The van der Waals surface area contributed by atoms with Gasteiger partial charge in [-0.3, -0.25) is 9.59 Å². The predicted octanol–water partition coefficient (Wildman–Crippen LogP) is 2.25. The molecule has 2 aromatic carbocycles. The average Bonchev–Trinajstić information content (AvgIpc) is 2.79. The number of amides is 2. The molecular weight excluding hydrogens is 384 g/mol. The first-order valence-electron chi connectivity index (χ1n) is 9.10. The number of carbonyl (C=O) groups excluding carboxylic acids is 2. The number of nitrogens with one attached hydrogen (secondary N) is 2. The average molecular weight is 408 g/mol. The molecular formula is C23H24N2O5. The molecule has 0 radical (unpaired) electrons. The van der Waals surface area contributed by atoms with E-state index < -0.39 is 0 Å². The van der Waals surface area contributed by atoms with Crippen LogP contribution in [0, 0.1) is 11.8 Å². The predicted molar refractivity (Wildman–Crippen MR) is 115 cm³/mol. The first-order valence-corrected chi connectivity index (χ1v) is 9.10. The summed E-state index contributed by atoms with van der Waals surface area (Å²) in [7, 11) is 6.14. The molecule has 7 heteroatoms. The third-order valence-electron chi connectivity index (χ3n) is 4.09. The molecule has 156 valence electrons.